The topological polar surface area (TPSA) is 38.5 Å². The second-order valence-electron chi connectivity index (χ2n) is 17.3. The smallest absolute Gasteiger partial charge is 0.135 e. The molecule has 6 nitrogen and oxygen atoms in total. The van der Waals surface area contributed by atoms with Gasteiger partial charge in [0.1, 0.15) is 5.82 Å². The van der Waals surface area contributed by atoms with E-state index in [1.165, 1.54) is 16.3 Å². The molecule has 0 aliphatic carbocycles. The maximum absolute atomic E-state index is 6.68. The number of nitrogens with zero attached hydrogens (tertiary/aromatic N) is 5. The minimum Gasteiger partial charge on any atom is -0.509 e. The summed E-state index contributed by atoms with van der Waals surface area (Å²) in [7, 11) is 0. The van der Waals surface area contributed by atoms with Gasteiger partial charge < -0.3 is 23.7 Å². The van der Waals surface area contributed by atoms with Crippen molar-refractivity contribution in [1.29, 1.82) is 0 Å². The summed E-state index contributed by atoms with van der Waals surface area (Å²) < 4.78 is 11.3. The van der Waals surface area contributed by atoms with Crippen molar-refractivity contribution >= 4 is 66.4 Å². The van der Waals surface area contributed by atoms with Crippen LogP contribution in [0.25, 0.3) is 66.2 Å². The van der Waals surface area contributed by atoms with E-state index in [9.17, 15) is 0 Å². The molecule has 0 bridgehead atoms. The fraction of sp³-hybridized carbons (Fsp3) is 0.0690. The van der Waals surface area contributed by atoms with Gasteiger partial charge in [-0.1, -0.05) is 129 Å². The molecule has 65 heavy (non-hydrogen) atoms. The van der Waals surface area contributed by atoms with Crippen LogP contribution in [0.2, 0.25) is 0 Å². The Bertz CT molecular complexity index is 3570. The van der Waals surface area contributed by atoms with Crippen LogP contribution in [0, 0.1) is 18.8 Å². The van der Waals surface area contributed by atoms with Gasteiger partial charge in [0.05, 0.1) is 11.0 Å². The van der Waals surface area contributed by atoms with Crippen LogP contribution >= 0.6 is 0 Å². The zero-order valence-electron chi connectivity index (χ0n) is 36.0. The van der Waals surface area contributed by atoms with E-state index in [2.05, 4.69) is 228 Å². The Morgan fingerprint density at radius 3 is 1.97 bits per heavy atom. The summed E-state index contributed by atoms with van der Waals surface area (Å²) in [6, 6.07) is 73.4. The molecule has 8 aromatic carbocycles. The number of hydrogen-bond donors (Lipinski definition) is 0. The van der Waals surface area contributed by atoms with Crippen molar-refractivity contribution in [3.05, 3.63) is 219 Å². The maximum Gasteiger partial charge on any atom is 0.135 e. The van der Waals surface area contributed by atoms with E-state index in [-0.39, 0.29) is 26.5 Å². The summed E-state index contributed by atoms with van der Waals surface area (Å²) in [5.74, 6) is 2.04. The van der Waals surface area contributed by atoms with E-state index in [4.69, 9.17) is 9.72 Å². The Kier molecular flexibility index (Phi) is 9.93. The monoisotopic (exact) mass is 1020 g/mol. The summed E-state index contributed by atoms with van der Waals surface area (Å²) >= 11 is 0. The Hall–Kier alpha value is -7.40. The summed E-state index contributed by atoms with van der Waals surface area (Å²) in [5, 5.41) is 4.59. The molecule has 1 aliphatic rings. The van der Waals surface area contributed by atoms with Crippen LogP contribution in [0.1, 0.15) is 26.3 Å². The first-order valence-electron chi connectivity index (χ1n) is 21.7. The number of pyridine rings is 1. The molecule has 11 aromatic rings. The predicted molar refractivity (Wildman–Crippen MR) is 263 cm³/mol. The molecule has 0 unspecified atom stereocenters. The number of benzene rings is 8. The van der Waals surface area contributed by atoms with E-state index in [1.807, 2.05) is 24.4 Å². The molecule has 0 radical (unpaired) electrons. The molecule has 3 aromatic heterocycles. The third-order valence-corrected chi connectivity index (χ3v) is 12.4. The minimum absolute atomic E-state index is 0. The Balaban J connectivity index is 0.00000469. The average Bonchev–Trinajstić information content (AvgIpc) is 4.00. The fourth-order valence-corrected chi connectivity index (χ4v) is 9.41. The van der Waals surface area contributed by atoms with Crippen LogP contribution in [0.15, 0.2) is 194 Å². The van der Waals surface area contributed by atoms with Gasteiger partial charge in [0.2, 0.25) is 0 Å². The number of anilines is 4. The van der Waals surface area contributed by atoms with Crippen LogP contribution < -0.4 is 14.5 Å². The van der Waals surface area contributed by atoms with Gasteiger partial charge in [-0.3, -0.25) is 0 Å². The second kappa shape index (κ2) is 16.0. The molecular formula is C58H42N5OPt-3. The van der Waals surface area contributed by atoms with Gasteiger partial charge in [0.25, 0.3) is 0 Å². The molecule has 0 saturated heterocycles. The first-order chi connectivity index (χ1) is 31.4. The van der Waals surface area contributed by atoms with Crippen molar-refractivity contribution in [2.45, 2.75) is 26.2 Å². The van der Waals surface area contributed by atoms with E-state index in [0.717, 1.165) is 78.2 Å². The van der Waals surface area contributed by atoms with Crippen molar-refractivity contribution in [2.24, 2.45) is 0 Å². The van der Waals surface area contributed by atoms with Crippen molar-refractivity contribution in [3.8, 4) is 34.1 Å². The third kappa shape index (κ3) is 6.79. The van der Waals surface area contributed by atoms with Gasteiger partial charge in [-0.15, -0.1) is 48.1 Å². The minimum atomic E-state index is -0.0279. The normalized spacial score (nSPS) is 12.6. The quantitative estimate of drug-likeness (QED) is 0.149. The number of aromatic nitrogens is 3. The van der Waals surface area contributed by atoms with Gasteiger partial charge >= 0.3 is 0 Å². The molecule has 4 heterocycles. The molecular weight excluding hydrogens is 978 g/mol. The molecule has 7 heteroatoms. The number of fused-ring (bicyclic) bond motifs is 7. The number of ether oxygens (including phenoxy) is 1. The molecule has 0 saturated carbocycles. The molecule has 318 valence electrons. The van der Waals surface area contributed by atoms with Crippen LogP contribution in [0.3, 0.4) is 0 Å². The zero-order valence-corrected chi connectivity index (χ0v) is 38.3. The first kappa shape index (κ1) is 40.4. The van der Waals surface area contributed by atoms with Crippen LogP contribution in [-0.2, 0) is 26.5 Å². The molecule has 0 N–H and O–H groups in total. The molecule has 0 spiro atoms. The van der Waals surface area contributed by atoms with Crippen LogP contribution in [0.4, 0.5) is 22.7 Å². The van der Waals surface area contributed by atoms with E-state index >= 15 is 0 Å². The Morgan fingerprint density at radius 2 is 1.20 bits per heavy atom. The van der Waals surface area contributed by atoms with Gasteiger partial charge in [-0.2, -0.15) is 12.1 Å². The molecule has 12 rings (SSSR count). The summed E-state index contributed by atoms with van der Waals surface area (Å²) in [5.41, 5.74) is 12.9. The van der Waals surface area contributed by atoms with Crippen LogP contribution in [-0.4, -0.2) is 14.1 Å². The molecule has 0 fully saturated rings. The van der Waals surface area contributed by atoms with E-state index in [0.29, 0.717) is 11.5 Å². The van der Waals surface area contributed by atoms with Crippen LogP contribution in [0.5, 0.6) is 11.5 Å². The Morgan fingerprint density at radius 1 is 0.538 bits per heavy atom. The van der Waals surface area contributed by atoms with Gasteiger partial charge in [-0.05, 0) is 76.5 Å². The SMILES string of the molecule is CC(C)(C)c1ccnc(-n2c3[c-]c(Oc4[c-]c(N5[CH-]N(c6c(-c7ccccc7)ccc7c6c6ccccc6n7-c6ccccc6)c6ccccc65)ccc4)ccc3c3ccccc32)c1.[Pt]. The van der Waals surface area contributed by atoms with Crippen molar-refractivity contribution < 1.29 is 25.8 Å². The van der Waals surface area contributed by atoms with Crippen molar-refractivity contribution in [1.82, 2.24) is 14.1 Å². The fourth-order valence-electron chi connectivity index (χ4n) is 9.41. The van der Waals surface area contributed by atoms with Crippen molar-refractivity contribution in [3.63, 3.8) is 0 Å². The molecule has 0 atom stereocenters. The molecule has 0 amide bonds. The number of rotatable bonds is 7. The average molecular weight is 1020 g/mol. The zero-order chi connectivity index (χ0) is 42.9. The standard InChI is InChI=1S/C58H42N5O.Pt/c1-58(2,3)40-33-34-59-55(35-40)63-49-25-12-10-23-46(49)47-30-29-44(37-54(47)63)64-43-22-16-21-42(36-43)60-38-61(52-28-15-14-27-51(52)60)57-45(39-17-6-4-7-18-39)31-32-53-56(57)48-24-11-13-26-50(48)62(53)41-19-8-5-9-20-41;/h4-35,38H,1-3H3;/q-3;. The van der Waals surface area contributed by atoms with E-state index < -0.39 is 0 Å². The largest absolute Gasteiger partial charge is 0.509 e. The molecule has 1 aliphatic heterocycles. The summed E-state index contributed by atoms with van der Waals surface area (Å²) in [4.78, 5) is 9.43. The van der Waals surface area contributed by atoms with Gasteiger partial charge in [-0.25, -0.2) is 4.98 Å². The number of hydrogen-bond acceptors (Lipinski definition) is 4. The predicted octanol–water partition coefficient (Wildman–Crippen LogP) is 15.0. The third-order valence-electron chi connectivity index (χ3n) is 12.4. The van der Waals surface area contributed by atoms with Crippen molar-refractivity contribution in [2.75, 3.05) is 9.80 Å². The number of para-hydroxylation sites is 5. The van der Waals surface area contributed by atoms with E-state index in [1.54, 1.807) is 0 Å². The van der Waals surface area contributed by atoms with Gasteiger partial charge in [0, 0.05) is 83.4 Å². The Labute approximate surface area is 392 Å². The second-order valence-corrected chi connectivity index (χ2v) is 17.3. The summed E-state index contributed by atoms with van der Waals surface area (Å²) in [6.07, 6.45) is 1.90. The first-order valence-corrected chi connectivity index (χ1v) is 21.7. The maximum atomic E-state index is 6.68. The summed E-state index contributed by atoms with van der Waals surface area (Å²) in [6.45, 7) is 8.88. The van der Waals surface area contributed by atoms with Gasteiger partial charge in [0.15, 0.2) is 0 Å².